The van der Waals surface area contributed by atoms with Crippen molar-refractivity contribution in [3.05, 3.63) is 0 Å². The molecule has 1 fully saturated rings. The number of hydrogen-bond acceptors (Lipinski definition) is 5. The van der Waals surface area contributed by atoms with Crippen LogP contribution in [0.4, 0.5) is 0 Å². The fraction of sp³-hybridized carbons (Fsp3) is 1.00. The van der Waals surface area contributed by atoms with E-state index in [1.165, 1.54) is 0 Å². The van der Waals surface area contributed by atoms with Crippen molar-refractivity contribution in [2.24, 2.45) is 11.3 Å². The topological polar surface area (TPSA) is 90.2 Å². The molecule has 1 aliphatic rings. The predicted molar refractivity (Wildman–Crippen MR) is 52.9 cm³/mol. The molecule has 1 saturated heterocycles. The van der Waals surface area contributed by atoms with Crippen molar-refractivity contribution in [2.45, 2.75) is 45.4 Å². The molecule has 1 aliphatic heterocycles. The lowest BCUT2D eigenvalue weighted by molar-refractivity contribution is -0.286. The molecule has 5 atom stereocenters. The summed E-state index contributed by atoms with van der Waals surface area (Å²) in [5, 5.41) is 38.1. The minimum atomic E-state index is -1.17. The summed E-state index contributed by atoms with van der Waals surface area (Å²) in [6, 6.07) is 0. The molecular weight excluding hydrogens is 200 g/mol. The molecule has 0 saturated carbocycles. The number of rotatable bonds is 1. The summed E-state index contributed by atoms with van der Waals surface area (Å²) in [6.45, 7) is 5.12. The fourth-order valence-electron chi connectivity index (χ4n) is 2.04. The van der Waals surface area contributed by atoms with Crippen LogP contribution in [0.1, 0.15) is 20.8 Å². The highest BCUT2D eigenvalue weighted by Crippen LogP contribution is 2.37. The summed E-state index contributed by atoms with van der Waals surface area (Å²) in [5.74, 6) is -0.574. The Morgan fingerprint density at radius 2 is 1.60 bits per heavy atom. The molecule has 15 heavy (non-hydrogen) atoms. The predicted octanol–water partition coefficient (Wildman–Crippen LogP) is -0.920. The third-order valence-electron chi connectivity index (χ3n) is 2.90. The van der Waals surface area contributed by atoms with Crippen molar-refractivity contribution in [3.63, 3.8) is 0 Å². The summed E-state index contributed by atoms with van der Waals surface area (Å²) in [5.41, 5.74) is -0.389. The first-order valence-corrected chi connectivity index (χ1v) is 5.09. The number of aliphatic hydroxyl groups is 4. The van der Waals surface area contributed by atoms with Gasteiger partial charge in [-0.1, -0.05) is 20.8 Å². The fourth-order valence-corrected chi connectivity index (χ4v) is 2.04. The molecule has 90 valence electrons. The van der Waals surface area contributed by atoms with Gasteiger partial charge in [-0.25, -0.2) is 0 Å². The highest BCUT2D eigenvalue weighted by molar-refractivity contribution is 4.93. The van der Waals surface area contributed by atoms with Gasteiger partial charge in [-0.15, -0.1) is 0 Å². The summed E-state index contributed by atoms with van der Waals surface area (Å²) >= 11 is 0. The van der Waals surface area contributed by atoms with E-state index in [0.29, 0.717) is 0 Å². The van der Waals surface area contributed by atoms with Crippen LogP contribution >= 0.6 is 0 Å². The van der Waals surface area contributed by atoms with Gasteiger partial charge < -0.3 is 25.2 Å². The molecule has 1 unspecified atom stereocenters. The SMILES string of the molecule is CC(C)(C)[C@H]1C(O)O[C@H](CO)[C@@H](O)[C@@H]1O. The first kappa shape index (κ1) is 12.9. The monoisotopic (exact) mass is 220 g/mol. The van der Waals surface area contributed by atoms with E-state index in [-0.39, 0.29) is 5.41 Å². The van der Waals surface area contributed by atoms with Crippen molar-refractivity contribution >= 4 is 0 Å². The van der Waals surface area contributed by atoms with Gasteiger partial charge in [0.05, 0.1) is 12.7 Å². The average Bonchev–Trinajstić information content (AvgIpc) is 2.09. The van der Waals surface area contributed by atoms with E-state index in [1.54, 1.807) is 0 Å². The van der Waals surface area contributed by atoms with Gasteiger partial charge in [0.25, 0.3) is 0 Å². The third-order valence-corrected chi connectivity index (χ3v) is 2.90. The van der Waals surface area contributed by atoms with E-state index in [1.807, 2.05) is 20.8 Å². The van der Waals surface area contributed by atoms with Crippen LogP contribution in [0.5, 0.6) is 0 Å². The molecular formula is C10H20O5. The van der Waals surface area contributed by atoms with Crippen LogP contribution < -0.4 is 0 Å². The van der Waals surface area contributed by atoms with Crippen LogP contribution in [0.2, 0.25) is 0 Å². The summed E-state index contributed by atoms with van der Waals surface area (Å²) in [7, 11) is 0. The second-order valence-corrected chi connectivity index (χ2v) is 5.12. The summed E-state index contributed by atoms with van der Waals surface area (Å²) < 4.78 is 5.05. The highest BCUT2D eigenvalue weighted by Gasteiger charge is 2.48. The van der Waals surface area contributed by atoms with Crippen LogP contribution in [-0.4, -0.2) is 51.6 Å². The van der Waals surface area contributed by atoms with E-state index in [4.69, 9.17) is 9.84 Å². The number of aliphatic hydroxyl groups excluding tert-OH is 4. The molecule has 4 N–H and O–H groups in total. The Bertz CT molecular complexity index is 212. The minimum absolute atomic E-state index is 0.389. The van der Waals surface area contributed by atoms with Crippen molar-refractivity contribution in [1.82, 2.24) is 0 Å². The van der Waals surface area contributed by atoms with Crippen molar-refractivity contribution < 1.29 is 25.2 Å². The van der Waals surface area contributed by atoms with Crippen molar-refractivity contribution in [2.75, 3.05) is 6.61 Å². The Balaban J connectivity index is 2.84. The largest absolute Gasteiger partial charge is 0.394 e. The summed E-state index contributed by atoms with van der Waals surface area (Å²) in [4.78, 5) is 0. The Hall–Kier alpha value is -0.200. The van der Waals surface area contributed by atoms with E-state index >= 15 is 0 Å². The molecule has 1 heterocycles. The normalized spacial score (nSPS) is 43.0. The van der Waals surface area contributed by atoms with Gasteiger partial charge in [-0.2, -0.15) is 0 Å². The van der Waals surface area contributed by atoms with Gasteiger partial charge in [0.2, 0.25) is 0 Å². The first-order chi connectivity index (χ1) is 6.79. The third kappa shape index (κ3) is 2.49. The van der Waals surface area contributed by atoms with Crippen LogP contribution in [0.15, 0.2) is 0 Å². The molecule has 5 nitrogen and oxygen atoms in total. The van der Waals surface area contributed by atoms with E-state index in [9.17, 15) is 15.3 Å². The van der Waals surface area contributed by atoms with E-state index < -0.39 is 37.1 Å². The Labute approximate surface area is 89.3 Å². The molecule has 5 heteroatoms. The first-order valence-electron chi connectivity index (χ1n) is 5.09. The zero-order valence-corrected chi connectivity index (χ0v) is 9.29. The van der Waals surface area contributed by atoms with Crippen molar-refractivity contribution in [1.29, 1.82) is 0 Å². The maximum Gasteiger partial charge on any atom is 0.161 e. The van der Waals surface area contributed by atoms with Crippen LogP contribution in [0.25, 0.3) is 0 Å². The lowest BCUT2D eigenvalue weighted by Crippen LogP contribution is -2.58. The van der Waals surface area contributed by atoms with Gasteiger partial charge in [-0.3, -0.25) is 0 Å². The molecule has 0 bridgehead atoms. The maximum atomic E-state index is 9.84. The second kappa shape index (κ2) is 4.35. The zero-order chi connectivity index (χ0) is 11.8. The lowest BCUT2D eigenvalue weighted by Gasteiger charge is -2.45. The second-order valence-electron chi connectivity index (χ2n) is 5.12. The van der Waals surface area contributed by atoms with Gasteiger partial charge in [0.1, 0.15) is 12.2 Å². The van der Waals surface area contributed by atoms with Gasteiger partial charge in [0, 0.05) is 5.92 Å². The molecule has 0 aromatic rings. The number of hydrogen-bond donors (Lipinski definition) is 4. The molecule has 0 aliphatic carbocycles. The Morgan fingerprint density at radius 3 is 2.00 bits per heavy atom. The average molecular weight is 220 g/mol. The maximum absolute atomic E-state index is 9.84. The van der Waals surface area contributed by atoms with Crippen LogP contribution in [0.3, 0.4) is 0 Å². The Kier molecular flexibility index (Phi) is 3.73. The standard InChI is InChI=1S/C10H20O5/c1-10(2,3)6-8(13)7(12)5(4-11)15-9(6)14/h5-9,11-14H,4H2,1-3H3/t5-,6-,7-,8-,9?/m1/s1. The minimum Gasteiger partial charge on any atom is -0.394 e. The molecule has 1 rings (SSSR count). The molecule has 0 radical (unpaired) electrons. The molecule has 0 aromatic heterocycles. The number of ether oxygens (including phenoxy) is 1. The van der Waals surface area contributed by atoms with Crippen molar-refractivity contribution in [3.8, 4) is 0 Å². The van der Waals surface area contributed by atoms with E-state index in [0.717, 1.165) is 0 Å². The smallest absolute Gasteiger partial charge is 0.161 e. The zero-order valence-electron chi connectivity index (χ0n) is 9.29. The molecule has 0 amide bonds. The van der Waals surface area contributed by atoms with E-state index in [2.05, 4.69) is 0 Å². The molecule has 0 aromatic carbocycles. The van der Waals surface area contributed by atoms with Gasteiger partial charge in [-0.05, 0) is 5.41 Å². The summed E-state index contributed by atoms with van der Waals surface area (Å²) in [6.07, 6.45) is -4.34. The lowest BCUT2D eigenvalue weighted by atomic mass is 9.73. The Morgan fingerprint density at radius 1 is 1.07 bits per heavy atom. The van der Waals surface area contributed by atoms with Gasteiger partial charge >= 0.3 is 0 Å². The van der Waals surface area contributed by atoms with Crippen LogP contribution in [0, 0.1) is 11.3 Å². The molecule has 0 spiro atoms. The van der Waals surface area contributed by atoms with Crippen LogP contribution in [-0.2, 0) is 4.74 Å². The quantitative estimate of drug-likeness (QED) is 0.459. The van der Waals surface area contributed by atoms with Gasteiger partial charge in [0.15, 0.2) is 6.29 Å². The highest BCUT2D eigenvalue weighted by atomic mass is 16.6.